The molecular formula is C42H82N12O8. The van der Waals surface area contributed by atoms with E-state index in [0.29, 0.717) is 25.3 Å². The number of nitrogens with one attached hydrogen (secondary N) is 11. The van der Waals surface area contributed by atoms with Crippen molar-refractivity contribution < 1.29 is 38.4 Å². The standard InChI is InChI=1S/C42H82N12O8/c1-23(2)15-14-16-44-39(59)54-34(27(9)10)22-47-40(60)48-28(11)20-45-42(62)51-31(17-24(3)4)21-46-41(61)50-30(13)37(57)53-33(19-26(7)8)38(58)49-29(12)36(56)52-32(35(43)55)18-25(5)6/h23-34H,14-22H2,1-13H3,(H2,43,55)(H,49,58)(H,52,56)(H,53,57)(H2,44,54,59)(H2,45,51,62)(H2,46,50,61)(H2,47,48,60). The maximum absolute atomic E-state index is 13.2. The topological polar surface area (TPSA) is 295 Å². The van der Waals surface area contributed by atoms with Crippen molar-refractivity contribution >= 4 is 47.8 Å². The Morgan fingerprint density at radius 2 is 0.903 bits per heavy atom. The molecule has 20 nitrogen and oxygen atoms in total. The molecule has 0 aliphatic carbocycles. The van der Waals surface area contributed by atoms with Gasteiger partial charge in [0.15, 0.2) is 0 Å². The summed E-state index contributed by atoms with van der Waals surface area (Å²) in [7, 11) is 0. The number of rotatable bonds is 28. The number of urea groups is 4. The van der Waals surface area contributed by atoms with Crippen LogP contribution in [0, 0.1) is 29.6 Å². The quantitative estimate of drug-likeness (QED) is 0.0514. The highest BCUT2D eigenvalue weighted by atomic mass is 16.2. The molecule has 0 aromatic rings. The van der Waals surface area contributed by atoms with Gasteiger partial charge in [-0.2, -0.15) is 0 Å². The number of nitrogens with two attached hydrogens (primary N) is 1. The van der Waals surface area contributed by atoms with E-state index in [1.165, 1.54) is 13.8 Å². The first kappa shape index (κ1) is 57.0. The Labute approximate surface area is 369 Å². The van der Waals surface area contributed by atoms with Crippen LogP contribution in [-0.2, 0) is 19.2 Å². The van der Waals surface area contributed by atoms with Crippen LogP contribution in [0.25, 0.3) is 0 Å². The van der Waals surface area contributed by atoms with Gasteiger partial charge in [0.05, 0.1) is 6.04 Å². The molecule has 0 aromatic carbocycles. The van der Waals surface area contributed by atoms with E-state index in [1.807, 2.05) is 55.4 Å². The van der Waals surface area contributed by atoms with Gasteiger partial charge < -0.3 is 64.2 Å². The molecule has 0 radical (unpaired) electrons. The van der Waals surface area contributed by atoms with Crippen molar-refractivity contribution in [2.24, 2.45) is 35.3 Å². The third-order valence-electron chi connectivity index (χ3n) is 9.59. The highest BCUT2D eigenvalue weighted by molar-refractivity contribution is 5.95. The van der Waals surface area contributed by atoms with E-state index >= 15 is 0 Å². The van der Waals surface area contributed by atoms with E-state index in [1.54, 1.807) is 6.92 Å². The van der Waals surface area contributed by atoms with E-state index in [-0.39, 0.29) is 61.8 Å². The lowest BCUT2D eigenvalue weighted by molar-refractivity contribution is -0.133. The van der Waals surface area contributed by atoms with Crippen LogP contribution in [0.4, 0.5) is 19.2 Å². The highest BCUT2D eigenvalue weighted by Crippen LogP contribution is 2.09. The Kier molecular flexibility index (Phi) is 27.6. The number of primary amides is 1. The third kappa shape index (κ3) is 27.0. The van der Waals surface area contributed by atoms with Crippen LogP contribution in [0.5, 0.6) is 0 Å². The first-order valence-corrected chi connectivity index (χ1v) is 22.2. The van der Waals surface area contributed by atoms with Gasteiger partial charge in [-0.1, -0.05) is 69.2 Å². The van der Waals surface area contributed by atoms with Crippen LogP contribution in [0.2, 0.25) is 0 Å². The molecule has 62 heavy (non-hydrogen) atoms. The van der Waals surface area contributed by atoms with Crippen LogP contribution < -0.4 is 64.2 Å². The summed E-state index contributed by atoms with van der Waals surface area (Å²) in [5.74, 6) is -1.69. The molecule has 12 amide bonds. The zero-order valence-electron chi connectivity index (χ0n) is 39.6. The maximum Gasteiger partial charge on any atom is 0.315 e. The summed E-state index contributed by atoms with van der Waals surface area (Å²) in [5, 5.41) is 29.9. The van der Waals surface area contributed by atoms with Crippen LogP contribution in [0.15, 0.2) is 0 Å². The summed E-state index contributed by atoms with van der Waals surface area (Å²) in [4.78, 5) is 102. The molecule has 0 fully saturated rings. The molecule has 7 atom stereocenters. The number of amides is 12. The van der Waals surface area contributed by atoms with Gasteiger partial charge in [-0.3, -0.25) is 19.2 Å². The van der Waals surface area contributed by atoms with Crippen LogP contribution >= 0.6 is 0 Å². The average Bonchev–Trinajstić information content (AvgIpc) is 3.14. The maximum atomic E-state index is 13.2. The molecule has 0 rings (SSSR count). The minimum Gasteiger partial charge on any atom is -0.368 e. The van der Waals surface area contributed by atoms with Gasteiger partial charge in [-0.15, -0.1) is 0 Å². The van der Waals surface area contributed by atoms with Gasteiger partial charge >= 0.3 is 24.1 Å². The predicted molar refractivity (Wildman–Crippen MR) is 241 cm³/mol. The Hall–Kier alpha value is -5.04. The lowest BCUT2D eigenvalue weighted by Crippen LogP contribution is -2.58. The fourth-order valence-corrected chi connectivity index (χ4v) is 6.08. The van der Waals surface area contributed by atoms with Gasteiger partial charge in [-0.25, -0.2) is 19.2 Å². The van der Waals surface area contributed by atoms with E-state index in [2.05, 4.69) is 72.3 Å². The first-order chi connectivity index (χ1) is 28.8. The van der Waals surface area contributed by atoms with Gasteiger partial charge in [-0.05, 0) is 82.5 Å². The summed E-state index contributed by atoms with van der Waals surface area (Å²) < 4.78 is 0. The van der Waals surface area contributed by atoms with Crippen molar-refractivity contribution in [2.45, 2.75) is 164 Å². The Balaban J connectivity index is 5.06. The van der Waals surface area contributed by atoms with Crippen LogP contribution in [0.3, 0.4) is 0 Å². The zero-order valence-corrected chi connectivity index (χ0v) is 39.6. The molecule has 358 valence electrons. The van der Waals surface area contributed by atoms with Gasteiger partial charge in [0.2, 0.25) is 23.6 Å². The fourth-order valence-electron chi connectivity index (χ4n) is 6.08. The molecule has 13 N–H and O–H groups in total. The van der Waals surface area contributed by atoms with Gasteiger partial charge in [0.25, 0.3) is 0 Å². The normalized spacial score (nSPS) is 14.7. The summed E-state index contributed by atoms with van der Waals surface area (Å²) >= 11 is 0. The monoisotopic (exact) mass is 883 g/mol. The minimum absolute atomic E-state index is 0.0186. The summed E-state index contributed by atoms with van der Waals surface area (Å²) in [6.07, 6.45) is 2.99. The molecule has 0 spiro atoms. The van der Waals surface area contributed by atoms with Crippen molar-refractivity contribution in [3.05, 3.63) is 0 Å². The van der Waals surface area contributed by atoms with Crippen LogP contribution in [0.1, 0.15) is 122 Å². The van der Waals surface area contributed by atoms with Crippen molar-refractivity contribution in [1.29, 1.82) is 0 Å². The predicted octanol–water partition coefficient (Wildman–Crippen LogP) is 1.89. The SMILES string of the molecule is CC(C)CCCNC(=O)NC(CNC(=O)NC(C)CNC(=O)NC(CNC(=O)NC(C)C(=O)NC(CC(C)C)C(=O)NC(C)C(=O)NC(CC(C)C)C(N)=O)CC(C)C)C(C)C. The van der Waals surface area contributed by atoms with Crippen molar-refractivity contribution in [3.8, 4) is 0 Å². The largest absolute Gasteiger partial charge is 0.368 e. The molecule has 0 heterocycles. The molecule has 20 heteroatoms. The number of carbonyl (C=O) groups excluding carboxylic acids is 8. The number of hydrogen-bond donors (Lipinski definition) is 12. The lowest BCUT2D eigenvalue weighted by Gasteiger charge is -2.25. The molecule has 0 aromatic heterocycles. The molecule has 0 bridgehead atoms. The van der Waals surface area contributed by atoms with Crippen molar-refractivity contribution in [2.75, 3.05) is 26.2 Å². The molecule has 7 unspecified atom stereocenters. The third-order valence-corrected chi connectivity index (χ3v) is 9.59. The highest BCUT2D eigenvalue weighted by Gasteiger charge is 2.29. The van der Waals surface area contributed by atoms with E-state index in [9.17, 15) is 38.4 Å². The summed E-state index contributed by atoms with van der Waals surface area (Å²) in [5.41, 5.74) is 5.44. The second kappa shape index (κ2) is 30.1. The average molecular weight is 883 g/mol. The summed E-state index contributed by atoms with van der Waals surface area (Å²) in [6, 6.07) is -7.16. The Morgan fingerprint density at radius 1 is 0.435 bits per heavy atom. The van der Waals surface area contributed by atoms with Crippen molar-refractivity contribution in [3.63, 3.8) is 0 Å². The van der Waals surface area contributed by atoms with E-state index in [4.69, 9.17) is 5.73 Å². The molecule has 0 aliphatic rings. The molecular weight excluding hydrogens is 801 g/mol. The van der Waals surface area contributed by atoms with E-state index in [0.717, 1.165) is 12.8 Å². The molecule has 0 saturated carbocycles. The van der Waals surface area contributed by atoms with Crippen LogP contribution in [-0.4, -0.2) is 116 Å². The van der Waals surface area contributed by atoms with E-state index < -0.39 is 78.0 Å². The van der Waals surface area contributed by atoms with Crippen molar-refractivity contribution in [1.82, 2.24) is 58.5 Å². The first-order valence-electron chi connectivity index (χ1n) is 22.2. The fraction of sp³-hybridized carbons (Fsp3) is 0.810. The lowest BCUT2D eigenvalue weighted by atomic mass is 10.0. The second-order valence-corrected chi connectivity index (χ2v) is 18.3. The zero-order chi connectivity index (χ0) is 47.7. The smallest absolute Gasteiger partial charge is 0.315 e. The summed E-state index contributed by atoms with van der Waals surface area (Å²) in [6.45, 7) is 25.1. The number of hydrogen-bond acceptors (Lipinski definition) is 8. The minimum atomic E-state index is -1.06. The molecule has 0 aliphatic heterocycles. The Morgan fingerprint density at radius 3 is 1.44 bits per heavy atom. The Bertz CT molecular complexity index is 1430. The van der Waals surface area contributed by atoms with Gasteiger partial charge in [0.1, 0.15) is 24.2 Å². The molecule has 0 saturated heterocycles. The second-order valence-electron chi connectivity index (χ2n) is 18.3. The number of carbonyl (C=O) groups is 8. The van der Waals surface area contributed by atoms with Gasteiger partial charge in [0, 0.05) is 38.3 Å².